The molecule has 0 fully saturated rings. The molecule has 0 saturated carbocycles. The van der Waals surface area contributed by atoms with E-state index in [1.807, 2.05) is 0 Å². The first-order chi connectivity index (χ1) is 5.99. The summed E-state index contributed by atoms with van der Waals surface area (Å²) >= 11 is 0. The minimum absolute atomic E-state index is 0.0618. The number of hydrogen-bond donors (Lipinski definition) is 2. The Morgan fingerprint density at radius 1 is 1.46 bits per heavy atom. The molecule has 6 heteroatoms. The van der Waals surface area contributed by atoms with Crippen LogP contribution in [0.2, 0.25) is 0 Å². The molecule has 1 aromatic rings. The number of anilines is 2. The Balaban J connectivity index is 2.60. The summed E-state index contributed by atoms with van der Waals surface area (Å²) < 4.78 is 35.2. The SMILES string of the molecule is Nc1ncccc1NCC(F)(F)F. The molecule has 13 heavy (non-hydrogen) atoms. The highest BCUT2D eigenvalue weighted by atomic mass is 19.4. The summed E-state index contributed by atoms with van der Waals surface area (Å²) in [6.07, 6.45) is -2.84. The Labute approximate surface area is 72.8 Å². The lowest BCUT2D eigenvalue weighted by molar-refractivity contribution is -0.115. The van der Waals surface area contributed by atoms with Crippen LogP contribution in [-0.4, -0.2) is 17.7 Å². The monoisotopic (exact) mass is 191 g/mol. The largest absolute Gasteiger partial charge is 0.405 e. The number of rotatable bonds is 2. The minimum Gasteiger partial charge on any atom is -0.382 e. The molecule has 72 valence electrons. The molecule has 0 aliphatic carbocycles. The first-order valence-electron chi connectivity index (χ1n) is 3.50. The van der Waals surface area contributed by atoms with E-state index in [4.69, 9.17) is 5.73 Å². The van der Waals surface area contributed by atoms with Crippen molar-refractivity contribution >= 4 is 11.5 Å². The van der Waals surface area contributed by atoms with Gasteiger partial charge in [0.05, 0.1) is 5.69 Å². The van der Waals surface area contributed by atoms with Gasteiger partial charge in [-0.3, -0.25) is 0 Å². The molecular weight excluding hydrogens is 183 g/mol. The second kappa shape index (κ2) is 3.51. The Morgan fingerprint density at radius 2 is 2.15 bits per heavy atom. The van der Waals surface area contributed by atoms with E-state index >= 15 is 0 Å². The Bertz CT molecular complexity index is 285. The standard InChI is InChI=1S/C7H8F3N3/c8-7(9,10)4-13-5-2-1-3-12-6(5)11/h1-3,13H,4H2,(H2,11,12). The summed E-state index contributed by atoms with van der Waals surface area (Å²) in [5.41, 5.74) is 5.50. The minimum atomic E-state index is -4.25. The number of alkyl halides is 3. The van der Waals surface area contributed by atoms with Gasteiger partial charge >= 0.3 is 6.18 Å². The van der Waals surface area contributed by atoms with Gasteiger partial charge in [0.15, 0.2) is 0 Å². The summed E-state index contributed by atoms with van der Waals surface area (Å²) in [5.74, 6) is 0.0618. The van der Waals surface area contributed by atoms with Gasteiger partial charge in [-0.1, -0.05) is 0 Å². The van der Waals surface area contributed by atoms with E-state index in [0.29, 0.717) is 0 Å². The molecule has 0 unspecified atom stereocenters. The third-order valence-corrected chi connectivity index (χ3v) is 1.32. The van der Waals surface area contributed by atoms with E-state index in [2.05, 4.69) is 10.3 Å². The number of aromatic nitrogens is 1. The van der Waals surface area contributed by atoms with E-state index < -0.39 is 12.7 Å². The van der Waals surface area contributed by atoms with Crippen LogP contribution in [-0.2, 0) is 0 Å². The van der Waals surface area contributed by atoms with Crippen LogP contribution >= 0.6 is 0 Å². The van der Waals surface area contributed by atoms with Gasteiger partial charge in [0.2, 0.25) is 0 Å². The average Bonchev–Trinajstić information content (AvgIpc) is 2.01. The predicted octanol–water partition coefficient (Wildman–Crippen LogP) is 1.64. The number of nitrogens with one attached hydrogen (secondary N) is 1. The summed E-state index contributed by atoms with van der Waals surface area (Å²) in [6.45, 7) is -1.11. The zero-order valence-electron chi connectivity index (χ0n) is 6.60. The fraction of sp³-hybridized carbons (Fsp3) is 0.286. The third-order valence-electron chi connectivity index (χ3n) is 1.32. The molecule has 0 saturated heterocycles. The molecule has 0 radical (unpaired) electrons. The lowest BCUT2D eigenvalue weighted by atomic mass is 10.4. The Kier molecular flexibility index (Phi) is 2.60. The second-order valence-electron chi connectivity index (χ2n) is 2.40. The molecule has 1 rings (SSSR count). The van der Waals surface area contributed by atoms with Gasteiger partial charge in [-0.05, 0) is 12.1 Å². The maximum Gasteiger partial charge on any atom is 0.405 e. The van der Waals surface area contributed by atoms with Gasteiger partial charge < -0.3 is 11.1 Å². The lowest BCUT2D eigenvalue weighted by Gasteiger charge is -2.10. The van der Waals surface area contributed by atoms with E-state index in [1.54, 1.807) is 0 Å². The first-order valence-corrected chi connectivity index (χ1v) is 3.50. The predicted molar refractivity (Wildman–Crippen MR) is 43.2 cm³/mol. The fourth-order valence-electron chi connectivity index (χ4n) is 0.762. The molecule has 0 spiro atoms. The highest BCUT2D eigenvalue weighted by Gasteiger charge is 2.26. The molecule has 0 aliphatic rings. The van der Waals surface area contributed by atoms with Crippen LogP contribution in [0.1, 0.15) is 0 Å². The second-order valence-corrected chi connectivity index (χ2v) is 2.40. The summed E-state index contributed by atoms with van der Waals surface area (Å²) in [4.78, 5) is 3.63. The van der Waals surface area contributed by atoms with Crippen molar-refractivity contribution in [2.45, 2.75) is 6.18 Å². The van der Waals surface area contributed by atoms with Crippen LogP contribution < -0.4 is 11.1 Å². The molecule has 0 atom stereocenters. The maximum absolute atomic E-state index is 11.7. The Morgan fingerprint density at radius 3 is 2.69 bits per heavy atom. The zero-order chi connectivity index (χ0) is 9.90. The molecule has 0 amide bonds. The molecule has 3 nitrogen and oxygen atoms in total. The molecule has 0 aliphatic heterocycles. The quantitative estimate of drug-likeness (QED) is 0.747. The van der Waals surface area contributed by atoms with E-state index in [0.717, 1.165) is 0 Å². The van der Waals surface area contributed by atoms with Crippen molar-refractivity contribution in [2.24, 2.45) is 0 Å². The van der Waals surface area contributed by atoms with Crippen LogP contribution in [0.5, 0.6) is 0 Å². The van der Waals surface area contributed by atoms with Crippen LogP contribution in [0.4, 0.5) is 24.7 Å². The van der Waals surface area contributed by atoms with Crippen LogP contribution in [0.25, 0.3) is 0 Å². The van der Waals surface area contributed by atoms with Crippen molar-refractivity contribution in [1.29, 1.82) is 0 Å². The molecule has 0 bridgehead atoms. The number of nitrogen functional groups attached to an aromatic ring is 1. The van der Waals surface area contributed by atoms with Crippen molar-refractivity contribution in [3.63, 3.8) is 0 Å². The van der Waals surface area contributed by atoms with Crippen molar-refractivity contribution in [2.75, 3.05) is 17.6 Å². The molecular formula is C7H8F3N3. The van der Waals surface area contributed by atoms with Crippen LogP contribution in [0.3, 0.4) is 0 Å². The highest BCUT2D eigenvalue weighted by molar-refractivity contribution is 5.60. The molecule has 0 aromatic carbocycles. The van der Waals surface area contributed by atoms with Crippen LogP contribution in [0, 0.1) is 0 Å². The van der Waals surface area contributed by atoms with Crippen molar-refractivity contribution in [3.8, 4) is 0 Å². The maximum atomic E-state index is 11.7. The summed E-state index contributed by atoms with van der Waals surface area (Å²) in [6, 6.07) is 2.95. The van der Waals surface area contributed by atoms with Crippen LogP contribution in [0.15, 0.2) is 18.3 Å². The number of pyridine rings is 1. The molecule has 1 aromatic heterocycles. The van der Waals surface area contributed by atoms with Crippen molar-refractivity contribution < 1.29 is 13.2 Å². The van der Waals surface area contributed by atoms with E-state index in [1.165, 1.54) is 18.3 Å². The Hall–Kier alpha value is -1.46. The van der Waals surface area contributed by atoms with Gasteiger partial charge in [-0.25, -0.2) is 4.98 Å². The van der Waals surface area contributed by atoms with Gasteiger partial charge in [0, 0.05) is 6.20 Å². The van der Waals surface area contributed by atoms with Gasteiger partial charge in [0.25, 0.3) is 0 Å². The molecule has 3 N–H and O–H groups in total. The smallest absolute Gasteiger partial charge is 0.382 e. The molecule has 1 heterocycles. The van der Waals surface area contributed by atoms with E-state index in [-0.39, 0.29) is 11.5 Å². The van der Waals surface area contributed by atoms with Crippen molar-refractivity contribution in [1.82, 2.24) is 4.98 Å². The number of nitrogens with zero attached hydrogens (tertiary/aromatic N) is 1. The fourth-order valence-corrected chi connectivity index (χ4v) is 0.762. The van der Waals surface area contributed by atoms with Crippen molar-refractivity contribution in [3.05, 3.63) is 18.3 Å². The zero-order valence-corrected chi connectivity index (χ0v) is 6.60. The number of nitrogens with two attached hydrogens (primary N) is 1. The lowest BCUT2D eigenvalue weighted by Crippen LogP contribution is -2.21. The normalized spacial score (nSPS) is 11.3. The first kappa shape index (κ1) is 9.63. The van der Waals surface area contributed by atoms with Gasteiger partial charge in [-0.2, -0.15) is 13.2 Å². The highest BCUT2D eigenvalue weighted by Crippen LogP contribution is 2.18. The van der Waals surface area contributed by atoms with E-state index in [9.17, 15) is 13.2 Å². The average molecular weight is 191 g/mol. The topological polar surface area (TPSA) is 50.9 Å². The number of hydrogen-bond acceptors (Lipinski definition) is 3. The summed E-state index contributed by atoms with van der Waals surface area (Å²) in [5, 5.41) is 2.14. The van der Waals surface area contributed by atoms with Gasteiger partial charge in [0.1, 0.15) is 12.4 Å². The summed E-state index contributed by atoms with van der Waals surface area (Å²) in [7, 11) is 0. The van der Waals surface area contributed by atoms with Gasteiger partial charge in [-0.15, -0.1) is 0 Å². The number of halogens is 3. The third kappa shape index (κ3) is 3.18.